The molecule has 0 heterocycles. The Balaban J connectivity index is 2.34. The lowest BCUT2D eigenvalue weighted by Crippen LogP contribution is -2.51. The standard InChI is InChI=1S/C23H31N3O5S/c1-5-31-21-14-10-9-13-20(21)26(32(4,29)30)17-22(27)25(18(2)23(28)24-3)16-15-19-11-7-6-8-12-19/h6-14,18H,5,15-17H2,1-4H3,(H,24,28)/t18-/m1/s1. The van der Waals surface area contributed by atoms with E-state index in [-0.39, 0.29) is 18.1 Å². The van der Waals surface area contributed by atoms with Crippen molar-refractivity contribution >= 4 is 27.5 Å². The lowest BCUT2D eigenvalue weighted by Gasteiger charge is -2.31. The molecule has 0 bridgehead atoms. The first-order chi connectivity index (χ1) is 15.2. The van der Waals surface area contributed by atoms with Crippen LogP contribution in [0.3, 0.4) is 0 Å². The highest BCUT2D eigenvalue weighted by atomic mass is 32.2. The van der Waals surface area contributed by atoms with E-state index >= 15 is 0 Å². The number of likely N-dealkylation sites (N-methyl/N-ethyl adjacent to an activating group) is 1. The van der Waals surface area contributed by atoms with Crippen LogP contribution in [0.25, 0.3) is 0 Å². The first-order valence-corrected chi connectivity index (χ1v) is 12.3. The summed E-state index contributed by atoms with van der Waals surface area (Å²) in [7, 11) is -2.30. The number of benzene rings is 2. The van der Waals surface area contributed by atoms with Crippen molar-refractivity contribution in [1.29, 1.82) is 0 Å². The summed E-state index contributed by atoms with van der Waals surface area (Å²) in [6.07, 6.45) is 1.57. The normalized spacial score (nSPS) is 12.0. The highest BCUT2D eigenvalue weighted by molar-refractivity contribution is 7.92. The van der Waals surface area contributed by atoms with Crippen LogP contribution in [0, 0.1) is 0 Å². The highest BCUT2D eigenvalue weighted by Crippen LogP contribution is 2.30. The molecule has 2 amide bonds. The van der Waals surface area contributed by atoms with Gasteiger partial charge in [0.05, 0.1) is 18.6 Å². The van der Waals surface area contributed by atoms with E-state index in [1.54, 1.807) is 38.1 Å². The predicted molar refractivity (Wildman–Crippen MR) is 125 cm³/mol. The van der Waals surface area contributed by atoms with Crippen molar-refractivity contribution in [3.05, 3.63) is 60.2 Å². The third-order valence-corrected chi connectivity index (χ3v) is 6.14. The van der Waals surface area contributed by atoms with Gasteiger partial charge in [-0.15, -0.1) is 0 Å². The van der Waals surface area contributed by atoms with Crippen molar-refractivity contribution in [3.8, 4) is 5.75 Å². The molecule has 8 nitrogen and oxygen atoms in total. The molecule has 0 unspecified atom stereocenters. The molecule has 2 aromatic rings. The van der Waals surface area contributed by atoms with Crippen LogP contribution in [0.15, 0.2) is 54.6 Å². The van der Waals surface area contributed by atoms with E-state index in [9.17, 15) is 18.0 Å². The van der Waals surface area contributed by atoms with Gasteiger partial charge in [-0.25, -0.2) is 8.42 Å². The number of anilines is 1. The minimum atomic E-state index is -3.80. The Morgan fingerprint density at radius 1 is 1.06 bits per heavy atom. The molecular formula is C23H31N3O5S. The van der Waals surface area contributed by atoms with Crippen molar-refractivity contribution in [2.24, 2.45) is 0 Å². The van der Waals surface area contributed by atoms with Crippen LogP contribution in [0.5, 0.6) is 5.75 Å². The molecule has 32 heavy (non-hydrogen) atoms. The molecule has 2 rings (SSSR count). The van der Waals surface area contributed by atoms with E-state index in [1.807, 2.05) is 30.3 Å². The summed E-state index contributed by atoms with van der Waals surface area (Å²) in [4.78, 5) is 27.0. The topological polar surface area (TPSA) is 96.0 Å². The summed E-state index contributed by atoms with van der Waals surface area (Å²) >= 11 is 0. The molecule has 1 N–H and O–H groups in total. The van der Waals surface area contributed by atoms with Gasteiger partial charge in [0.25, 0.3) is 0 Å². The SMILES string of the molecule is CCOc1ccccc1N(CC(=O)N(CCc1ccccc1)[C@H](C)C(=O)NC)S(C)(=O)=O. The Labute approximate surface area is 190 Å². The third kappa shape index (κ3) is 6.71. The van der Waals surface area contributed by atoms with Crippen LogP contribution in [-0.4, -0.2) is 64.2 Å². The maximum atomic E-state index is 13.3. The maximum Gasteiger partial charge on any atom is 0.244 e. The summed E-state index contributed by atoms with van der Waals surface area (Å²) in [6.45, 7) is 3.59. The summed E-state index contributed by atoms with van der Waals surface area (Å²) in [5.74, 6) is -0.441. The molecule has 2 aromatic carbocycles. The molecular weight excluding hydrogens is 430 g/mol. The Morgan fingerprint density at radius 2 is 1.69 bits per heavy atom. The van der Waals surface area contributed by atoms with Gasteiger partial charge < -0.3 is 15.0 Å². The van der Waals surface area contributed by atoms with Gasteiger partial charge in [-0.2, -0.15) is 0 Å². The fourth-order valence-corrected chi connectivity index (χ4v) is 4.17. The van der Waals surface area contributed by atoms with Gasteiger partial charge in [0.1, 0.15) is 18.3 Å². The van der Waals surface area contributed by atoms with Gasteiger partial charge in [-0.3, -0.25) is 13.9 Å². The van der Waals surface area contributed by atoms with Crippen molar-refractivity contribution < 1.29 is 22.7 Å². The van der Waals surface area contributed by atoms with Crippen LogP contribution >= 0.6 is 0 Å². The molecule has 0 aliphatic carbocycles. The molecule has 0 saturated heterocycles. The van der Waals surface area contributed by atoms with Crippen LogP contribution < -0.4 is 14.4 Å². The second-order valence-electron chi connectivity index (χ2n) is 7.28. The largest absolute Gasteiger partial charge is 0.492 e. The van der Waals surface area contributed by atoms with E-state index < -0.39 is 28.5 Å². The van der Waals surface area contributed by atoms with Crippen LogP contribution in [0.4, 0.5) is 5.69 Å². The summed E-state index contributed by atoms with van der Waals surface area (Å²) in [5, 5.41) is 2.55. The Morgan fingerprint density at radius 3 is 2.28 bits per heavy atom. The number of nitrogens with zero attached hydrogens (tertiary/aromatic N) is 2. The number of carbonyl (C=O) groups excluding carboxylic acids is 2. The van der Waals surface area contributed by atoms with Crippen LogP contribution in [-0.2, 0) is 26.0 Å². The van der Waals surface area contributed by atoms with Gasteiger partial charge in [-0.05, 0) is 38.0 Å². The average Bonchev–Trinajstić information content (AvgIpc) is 2.77. The zero-order chi connectivity index (χ0) is 23.7. The van der Waals surface area contributed by atoms with Gasteiger partial charge >= 0.3 is 0 Å². The smallest absolute Gasteiger partial charge is 0.244 e. The Bertz CT molecular complexity index is 1010. The van der Waals surface area contributed by atoms with Gasteiger partial charge in [0, 0.05) is 13.6 Å². The van der Waals surface area contributed by atoms with Crippen molar-refractivity contribution in [2.45, 2.75) is 26.3 Å². The number of hydrogen-bond acceptors (Lipinski definition) is 5. The number of hydrogen-bond donors (Lipinski definition) is 1. The maximum absolute atomic E-state index is 13.3. The number of ether oxygens (including phenoxy) is 1. The van der Waals surface area contributed by atoms with E-state index in [1.165, 1.54) is 11.9 Å². The first-order valence-electron chi connectivity index (χ1n) is 10.4. The van der Waals surface area contributed by atoms with Crippen LogP contribution in [0.1, 0.15) is 19.4 Å². The van der Waals surface area contributed by atoms with E-state index in [4.69, 9.17) is 4.74 Å². The van der Waals surface area contributed by atoms with Crippen molar-refractivity contribution in [2.75, 3.05) is 37.3 Å². The second-order valence-corrected chi connectivity index (χ2v) is 9.19. The second kappa shape index (κ2) is 11.5. The van der Waals surface area contributed by atoms with Crippen LogP contribution in [0.2, 0.25) is 0 Å². The molecule has 9 heteroatoms. The number of para-hydroxylation sites is 2. The summed E-state index contributed by atoms with van der Waals surface area (Å²) < 4.78 is 31.8. The zero-order valence-electron chi connectivity index (χ0n) is 18.9. The highest BCUT2D eigenvalue weighted by Gasteiger charge is 2.30. The number of nitrogens with one attached hydrogen (secondary N) is 1. The van der Waals surface area contributed by atoms with Crippen molar-refractivity contribution in [3.63, 3.8) is 0 Å². The molecule has 0 aliphatic heterocycles. The predicted octanol–water partition coefficient (Wildman–Crippen LogP) is 2.06. The molecule has 0 fully saturated rings. The molecule has 0 aromatic heterocycles. The van der Waals surface area contributed by atoms with Gasteiger partial charge in [-0.1, -0.05) is 42.5 Å². The van der Waals surface area contributed by atoms with Crippen molar-refractivity contribution in [1.82, 2.24) is 10.2 Å². The lowest BCUT2D eigenvalue weighted by atomic mass is 10.1. The summed E-state index contributed by atoms with van der Waals surface area (Å²) in [6, 6.07) is 15.5. The van der Waals surface area contributed by atoms with Gasteiger partial charge in [0.2, 0.25) is 21.8 Å². The fourth-order valence-electron chi connectivity index (χ4n) is 3.31. The molecule has 0 radical (unpaired) electrons. The quantitative estimate of drug-likeness (QED) is 0.553. The monoisotopic (exact) mass is 461 g/mol. The number of carbonyl (C=O) groups is 2. The molecule has 0 aliphatic rings. The molecule has 174 valence electrons. The third-order valence-electron chi connectivity index (χ3n) is 5.01. The fraction of sp³-hybridized carbons (Fsp3) is 0.391. The minimum Gasteiger partial charge on any atom is -0.492 e. The van der Waals surface area contributed by atoms with Gasteiger partial charge in [0.15, 0.2) is 0 Å². The number of sulfonamides is 1. The Kier molecular flexibility index (Phi) is 9.07. The lowest BCUT2D eigenvalue weighted by molar-refractivity contribution is -0.138. The number of amides is 2. The van der Waals surface area contributed by atoms with E-state index in [0.29, 0.717) is 18.8 Å². The van der Waals surface area contributed by atoms with E-state index in [0.717, 1.165) is 16.1 Å². The number of rotatable bonds is 11. The van der Waals surface area contributed by atoms with E-state index in [2.05, 4.69) is 5.32 Å². The first kappa shape index (κ1) is 25.2. The molecule has 1 atom stereocenters. The molecule has 0 saturated carbocycles. The molecule has 0 spiro atoms. The zero-order valence-corrected chi connectivity index (χ0v) is 19.8. The minimum absolute atomic E-state index is 0.266. The summed E-state index contributed by atoms with van der Waals surface area (Å²) in [5.41, 5.74) is 1.29. The Hall–Kier alpha value is -3.07. The average molecular weight is 462 g/mol.